The molecule has 1 fully saturated rings. The number of hydrazine groups is 1. The maximum absolute atomic E-state index is 11.9. The summed E-state index contributed by atoms with van der Waals surface area (Å²) in [6.45, 7) is 4.60. The SMILES string of the molecule is Cc1c(C(CC(=O)O)c2ccc3c(c2)CN(C)CC3)ccc(N(N)CCCCC2CCC(C=O)CC2)c1N. The molecule has 0 aromatic heterocycles. The van der Waals surface area contributed by atoms with Crippen LogP contribution in [-0.2, 0) is 22.6 Å². The quantitative estimate of drug-likeness (QED) is 0.125. The van der Waals surface area contributed by atoms with E-state index < -0.39 is 5.97 Å². The number of carbonyl (C=O) groups excluding carboxylic acids is 1. The van der Waals surface area contributed by atoms with Crippen LogP contribution in [0.25, 0.3) is 0 Å². The molecule has 0 amide bonds. The van der Waals surface area contributed by atoms with Crippen LogP contribution in [0.3, 0.4) is 0 Å². The van der Waals surface area contributed by atoms with Crippen molar-refractivity contribution in [3.63, 3.8) is 0 Å². The molecule has 38 heavy (non-hydrogen) atoms. The summed E-state index contributed by atoms with van der Waals surface area (Å²) in [6, 6.07) is 10.4. The van der Waals surface area contributed by atoms with E-state index in [1.165, 1.54) is 17.5 Å². The molecular weight excluding hydrogens is 476 g/mol. The zero-order chi connectivity index (χ0) is 27.2. The molecule has 1 atom stereocenters. The minimum Gasteiger partial charge on any atom is -0.481 e. The second-order valence-electron chi connectivity index (χ2n) is 11.5. The van der Waals surface area contributed by atoms with E-state index in [2.05, 4.69) is 30.1 Å². The van der Waals surface area contributed by atoms with E-state index in [9.17, 15) is 14.7 Å². The van der Waals surface area contributed by atoms with Crippen molar-refractivity contribution in [2.24, 2.45) is 17.7 Å². The summed E-state index contributed by atoms with van der Waals surface area (Å²) in [5, 5.41) is 11.5. The number of benzene rings is 2. The number of nitrogens with two attached hydrogens (primary N) is 2. The van der Waals surface area contributed by atoms with E-state index in [0.717, 1.165) is 92.6 Å². The van der Waals surface area contributed by atoms with E-state index in [-0.39, 0.29) is 18.3 Å². The maximum atomic E-state index is 11.9. The predicted octanol–water partition coefficient (Wildman–Crippen LogP) is 5.03. The first-order valence-electron chi connectivity index (χ1n) is 14.1. The van der Waals surface area contributed by atoms with Crippen LogP contribution in [0.2, 0.25) is 0 Å². The number of hydrogen-bond donors (Lipinski definition) is 3. The Bertz CT molecular complexity index is 1130. The van der Waals surface area contributed by atoms with E-state index in [1.807, 2.05) is 19.1 Å². The lowest BCUT2D eigenvalue weighted by Crippen LogP contribution is -2.33. The molecule has 0 saturated heterocycles. The number of likely N-dealkylation sites (N-methyl/N-ethyl adjacent to an activating group) is 1. The third kappa shape index (κ3) is 6.75. The number of anilines is 2. The van der Waals surface area contributed by atoms with Gasteiger partial charge in [0.2, 0.25) is 0 Å². The van der Waals surface area contributed by atoms with Crippen LogP contribution in [-0.4, -0.2) is 42.4 Å². The van der Waals surface area contributed by atoms with Gasteiger partial charge < -0.3 is 25.5 Å². The van der Waals surface area contributed by atoms with Crippen molar-refractivity contribution < 1.29 is 14.7 Å². The molecule has 2 aromatic carbocycles. The Labute approximate surface area is 227 Å². The highest BCUT2D eigenvalue weighted by Crippen LogP contribution is 2.38. The molecule has 0 bridgehead atoms. The van der Waals surface area contributed by atoms with Crippen LogP contribution in [0.4, 0.5) is 11.4 Å². The molecule has 7 nitrogen and oxygen atoms in total. The molecule has 2 aromatic rings. The summed E-state index contributed by atoms with van der Waals surface area (Å²) in [5.74, 6) is 6.33. The average molecular weight is 521 g/mol. The first kappa shape index (κ1) is 28.1. The van der Waals surface area contributed by atoms with Gasteiger partial charge in [-0.1, -0.05) is 37.1 Å². The van der Waals surface area contributed by atoms with Gasteiger partial charge in [0.05, 0.1) is 17.8 Å². The number of carboxylic acid groups (broad SMARTS) is 1. The van der Waals surface area contributed by atoms with Gasteiger partial charge in [0.25, 0.3) is 0 Å². The zero-order valence-electron chi connectivity index (χ0n) is 23.0. The molecular formula is C31H44N4O3. The Morgan fingerprint density at radius 1 is 1.16 bits per heavy atom. The van der Waals surface area contributed by atoms with Crippen molar-refractivity contribution in [1.29, 1.82) is 0 Å². The van der Waals surface area contributed by atoms with Gasteiger partial charge in [-0.2, -0.15) is 0 Å². The highest BCUT2D eigenvalue weighted by atomic mass is 16.4. The molecule has 4 rings (SSSR count). The number of rotatable bonds is 11. The van der Waals surface area contributed by atoms with Crippen LogP contribution in [0.5, 0.6) is 0 Å². The number of aldehydes is 1. The monoisotopic (exact) mass is 520 g/mol. The summed E-state index contributed by atoms with van der Waals surface area (Å²) < 4.78 is 0. The van der Waals surface area contributed by atoms with Crippen molar-refractivity contribution in [1.82, 2.24) is 4.90 Å². The fraction of sp³-hybridized carbons (Fsp3) is 0.548. The second-order valence-corrected chi connectivity index (χ2v) is 11.5. The molecule has 206 valence electrons. The number of nitrogens with zero attached hydrogens (tertiary/aromatic N) is 2. The van der Waals surface area contributed by atoms with Gasteiger partial charge in [-0.05, 0) is 92.3 Å². The van der Waals surface area contributed by atoms with Gasteiger partial charge >= 0.3 is 5.97 Å². The zero-order valence-corrected chi connectivity index (χ0v) is 23.0. The molecule has 7 heteroatoms. The first-order chi connectivity index (χ1) is 18.3. The Balaban J connectivity index is 1.43. The first-order valence-corrected chi connectivity index (χ1v) is 14.1. The standard InChI is InChI=1S/C31H44N4O3/c1-21-27(28(18-30(37)38)25-11-10-24-14-16-34(2)19-26(24)17-25)12-13-29(31(21)32)35(33)15-4-3-5-22-6-8-23(20-36)9-7-22/h10-13,17,20,22-23,28H,3-9,14-16,18-19,32-33H2,1-2H3,(H,37,38). The Kier molecular flexibility index (Phi) is 9.44. The van der Waals surface area contributed by atoms with Gasteiger partial charge in [-0.25, -0.2) is 5.84 Å². The van der Waals surface area contributed by atoms with Crippen molar-refractivity contribution >= 4 is 23.6 Å². The minimum absolute atomic E-state index is 0.00928. The van der Waals surface area contributed by atoms with Crippen molar-refractivity contribution in [2.75, 3.05) is 30.9 Å². The Hall–Kier alpha value is -2.90. The number of aliphatic carboxylic acids is 1. The predicted molar refractivity (Wildman–Crippen MR) is 153 cm³/mol. The van der Waals surface area contributed by atoms with Crippen LogP contribution in [0.1, 0.15) is 85.1 Å². The van der Waals surface area contributed by atoms with Crippen LogP contribution in [0, 0.1) is 18.8 Å². The Morgan fingerprint density at radius 2 is 1.92 bits per heavy atom. The molecule has 5 N–H and O–H groups in total. The third-order valence-electron chi connectivity index (χ3n) is 8.78. The fourth-order valence-electron chi connectivity index (χ4n) is 6.32. The molecule has 1 aliphatic heterocycles. The topological polar surface area (TPSA) is 113 Å². The van der Waals surface area contributed by atoms with Gasteiger partial charge in [-0.15, -0.1) is 0 Å². The number of hydrogen-bond acceptors (Lipinski definition) is 6. The van der Waals surface area contributed by atoms with Crippen molar-refractivity contribution in [3.8, 4) is 0 Å². The lowest BCUT2D eigenvalue weighted by Gasteiger charge is -2.28. The highest BCUT2D eigenvalue weighted by Gasteiger charge is 2.24. The molecule has 0 radical (unpaired) electrons. The molecule has 2 aliphatic rings. The molecule has 1 heterocycles. The van der Waals surface area contributed by atoms with Crippen LogP contribution >= 0.6 is 0 Å². The van der Waals surface area contributed by atoms with E-state index in [1.54, 1.807) is 5.01 Å². The maximum Gasteiger partial charge on any atom is 0.304 e. The number of fused-ring (bicyclic) bond motifs is 1. The van der Waals surface area contributed by atoms with E-state index in [0.29, 0.717) is 12.2 Å². The molecule has 0 spiro atoms. The fourth-order valence-corrected chi connectivity index (χ4v) is 6.32. The summed E-state index contributed by atoms with van der Waals surface area (Å²) in [4.78, 5) is 25.1. The van der Waals surface area contributed by atoms with E-state index >= 15 is 0 Å². The van der Waals surface area contributed by atoms with Crippen LogP contribution < -0.4 is 16.6 Å². The molecule has 1 saturated carbocycles. The lowest BCUT2D eigenvalue weighted by molar-refractivity contribution is -0.137. The van der Waals surface area contributed by atoms with Gasteiger partial charge in [-0.3, -0.25) is 4.79 Å². The third-order valence-corrected chi connectivity index (χ3v) is 8.78. The Morgan fingerprint density at radius 3 is 2.63 bits per heavy atom. The highest BCUT2D eigenvalue weighted by molar-refractivity contribution is 5.74. The number of carboxylic acids is 1. The normalized spacial score (nSPS) is 20.5. The van der Waals surface area contributed by atoms with Gasteiger partial charge in [0.15, 0.2) is 0 Å². The number of nitrogen functional groups attached to an aromatic ring is 1. The minimum atomic E-state index is -0.827. The van der Waals surface area contributed by atoms with Crippen LogP contribution in [0.15, 0.2) is 30.3 Å². The number of unbranched alkanes of at least 4 members (excludes halogenated alkanes) is 1. The lowest BCUT2D eigenvalue weighted by atomic mass is 9.80. The second kappa shape index (κ2) is 12.8. The molecule has 1 unspecified atom stereocenters. The number of carbonyl (C=O) groups is 2. The van der Waals surface area contributed by atoms with Gasteiger partial charge in [0, 0.05) is 31.5 Å². The summed E-state index contributed by atoms with van der Waals surface area (Å²) in [7, 11) is 2.12. The van der Waals surface area contributed by atoms with Crippen molar-refractivity contribution in [2.45, 2.75) is 77.2 Å². The largest absolute Gasteiger partial charge is 0.481 e. The van der Waals surface area contributed by atoms with Gasteiger partial charge in [0.1, 0.15) is 6.29 Å². The van der Waals surface area contributed by atoms with Crippen molar-refractivity contribution in [3.05, 3.63) is 58.1 Å². The average Bonchev–Trinajstić information content (AvgIpc) is 2.91. The summed E-state index contributed by atoms with van der Waals surface area (Å²) in [5.41, 5.74) is 13.5. The smallest absolute Gasteiger partial charge is 0.304 e. The summed E-state index contributed by atoms with van der Waals surface area (Å²) in [6.07, 6.45) is 9.79. The summed E-state index contributed by atoms with van der Waals surface area (Å²) >= 11 is 0. The van der Waals surface area contributed by atoms with E-state index in [4.69, 9.17) is 11.6 Å². The molecule has 1 aliphatic carbocycles.